The van der Waals surface area contributed by atoms with Gasteiger partial charge in [-0.15, -0.1) is 0 Å². The molecule has 21 heavy (non-hydrogen) atoms. The summed E-state index contributed by atoms with van der Waals surface area (Å²) in [5.41, 5.74) is 8.18. The lowest BCUT2D eigenvalue weighted by molar-refractivity contribution is 0.629. The zero-order valence-corrected chi connectivity index (χ0v) is 12.7. The molecule has 1 atom stereocenters. The van der Waals surface area contributed by atoms with Crippen LogP contribution in [0.25, 0.3) is 11.0 Å². The molecular formula is C15H12Cl2FN3. The van der Waals surface area contributed by atoms with Crippen molar-refractivity contribution in [3.8, 4) is 0 Å². The van der Waals surface area contributed by atoms with Crippen molar-refractivity contribution in [1.29, 1.82) is 0 Å². The summed E-state index contributed by atoms with van der Waals surface area (Å²) in [5, 5.41) is 0.714. The quantitative estimate of drug-likeness (QED) is 0.744. The van der Waals surface area contributed by atoms with E-state index in [1.807, 2.05) is 35.8 Å². The van der Waals surface area contributed by atoms with Gasteiger partial charge in [-0.3, -0.25) is 0 Å². The van der Waals surface area contributed by atoms with Crippen molar-refractivity contribution in [3.63, 3.8) is 0 Å². The lowest BCUT2D eigenvalue weighted by atomic mass is 10.1. The first kappa shape index (κ1) is 14.2. The van der Waals surface area contributed by atoms with E-state index in [2.05, 4.69) is 4.98 Å². The summed E-state index contributed by atoms with van der Waals surface area (Å²) in [6.07, 6.45) is 0. The largest absolute Gasteiger partial charge is 0.369 e. The number of rotatable bonds is 2. The minimum Gasteiger partial charge on any atom is -0.369 e. The molecule has 0 aliphatic rings. The van der Waals surface area contributed by atoms with Crippen LogP contribution in [-0.4, -0.2) is 9.55 Å². The Morgan fingerprint density at radius 3 is 2.52 bits per heavy atom. The maximum absolute atomic E-state index is 13.5. The van der Waals surface area contributed by atoms with Gasteiger partial charge in [0.15, 0.2) is 0 Å². The average molecular weight is 324 g/mol. The summed E-state index contributed by atoms with van der Waals surface area (Å²) in [6, 6.07) is 10.2. The van der Waals surface area contributed by atoms with Crippen LogP contribution in [0.4, 0.5) is 10.3 Å². The van der Waals surface area contributed by atoms with Crippen LogP contribution in [0.1, 0.15) is 18.5 Å². The van der Waals surface area contributed by atoms with Crippen molar-refractivity contribution in [2.75, 3.05) is 5.73 Å². The van der Waals surface area contributed by atoms with Gasteiger partial charge in [-0.05, 0) is 30.7 Å². The fourth-order valence-corrected chi connectivity index (χ4v) is 2.69. The van der Waals surface area contributed by atoms with Gasteiger partial charge < -0.3 is 10.3 Å². The van der Waals surface area contributed by atoms with Crippen molar-refractivity contribution >= 4 is 40.2 Å². The van der Waals surface area contributed by atoms with Crippen LogP contribution in [0, 0.1) is 5.82 Å². The van der Waals surface area contributed by atoms with Crippen LogP contribution in [0.15, 0.2) is 36.4 Å². The Hall–Kier alpha value is -1.78. The third-order valence-electron chi connectivity index (χ3n) is 3.50. The van der Waals surface area contributed by atoms with Crippen LogP contribution in [0.5, 0.6) is 0 Å². The summed E-state index contributed by atoms with van der Waals surface area (Å²) < 4.78 is 15.3. The average Bonchev–Trinajstić information content (AvgIpc) is 2.75. The van der Waals surface area contributed by atoms with Crippen molar-refractivity contribution in [2.24, 2.45) is 0 Å². The van der Waals surface area contributed by atoms with Gasteiger partial charge in [-0.25, -0.2) is 9.37 Å². The fraction of sp³-hybridized carbons (Fsp3) is 0.133. The standard InChI is InChI=1S/C15H12Cl2FN3/c1-8(9-2-4-10(16)5-3-9)21-14-6-11(17)12(18)7-13(14)20-15(21)19/h2-8H,1H3,(H2,19,20). The highest BCUT2D eigenvalue weighted by molar-refractivity contribution is 6.31. The van der Waals surface area contributed by atoms with Gasteiger partial charge in [0.2, 0.25) is 5.95 Å². The van der Waals surface area contributed by atoms with Crippen LogP contribution in [0.3, 0.4) is 0 Å². The van der Waals surface area contributed by atoms with Gasteiger partial charge in [0.05, 0.1) is 22.1 Å². The summed E-state index contributed by atoms with van der Waals surface area (Å²) in [4.78, 5) is 4.20. The molecule has 0 amide bonds. The third-order valence-corrected chi connectivity index (χ3v) is 4.04. The Morgan fingerprint density at radius 2 is 1.86 bits per heavy atom. The Labute approximate surface area is 131 Å². The molecule has 1 aromatic heterocycles. The van der Waals surface area contributed by atoms with E-state index in [-0.39, 0.29) is 11.1 Å². The van der Waals surface area contributed by atoms with Crippen LogP contribution >= 0.6 is 23.2 Å². The molecule has 108 valence electrons. The van der Waals surface area contributed by atoms with Gasteiger partial charge in [0.25, 0.3) is 0 Å². The van der Waals surface area contributed by atoms with Crippen LogP contribution < -0.4 is 5.73 Å². The molecule has 1 unspecified atom stereocenters. The Bertz CT molecular complexity index is 812. The Kier molecular flexibility index (Phi) is 3.51. The van der Waals surface area contributed by atoms with Crippen molar-refractivity contribution < 1.29 is 4.39 Å². The first-order valence-electron chi connectivity index (χ1n) is 6.35. The summed E-state index contributed by atoms with van der Waals surface area (Å²) in [5.74, 6) is -0.193. The second-order valence-corrected chi connectivity index (χ2v) is 5.67. The summed E-state index contributed by atoms with van der Waals surface area (Å²) in [7, 11) is 0. The molecule has 0 saturated heterocycles. The molecule has 3 aromatic rings. The highest BCUT2D eigenvalue weighted by Gasteiger charge is 2.17. The Morgan fingerprint density at radius 1 is 1.19 bits per heavy atom. The number of aromatic nitrogens is 2. The molecule has 0 radical (unpaired) electrons. The van der Waals surface area contributed by atoms with Crippen LogP contribution in [-0.2, 0) is 0 Å². The van der Waals surface area contributed by atoms with Gasteiger partial charge in [-0.1, -0.05) is 35.3 Å². The number of anilines is 1. The molecular weight excluding hydrogens is 312 g/mol. The van der Waals surface area contributed by atoms with E-state index in [0.717, 1.165) is 5.56 Å². The number of benzene rings is 2. The number of imidazole rings is 1. The summed E-state index contributed by atoms with van der Waals surface area (Å²) >= 11 is 11.8. The lowest BCUT2D eigenvalue weighted by Gasteiger charge is -2.16. The van der Waals surface area contributed by atoms with Gasteiger partial charge in [0, 0.05) is 11.1 Å². The molecule has 2 N–H and O–H groups in total. The molecule has 0 aliphatic carbocycles. The predicted octanol–water partition coefficient (Wildman–Crippen LogP) is 4.67. The number of nitrogen functional groups attached to an aromatic ring is 1. The maximum atomic E-state index is 13.5. The number of nitrogens with two attached hydrogens (primary N) is 1. The SMILES string of the molecule is CC(c1ccc(Cl)cc1)n1c(N)nc2cc(F)c(Cl)cc21. The maximum Gasteiger partial charge on any atom is 0.201 e. The lowest BCUT2D eigenvalue weighted by Crippen LogP contribution is -2.10. The van der Waals surface area contributed by atoms with E-state index in [4.69, 9.17) is 28.9 Å². The molecule has 2 aromatic carbocycles. The first-order chi connectivity index (χ1) is 9.97. The molecule has 0 saturated carbocycles. The van der Waals surface area contributed by atoms with Crippen molar-refractivity contribution in [3.05, 3.63) is 57.8 Å². The second kappa shape index (κ2) is 5.20. The number of halogens is 3. The second-order valence-electron chi connectivity index (χ2n) is 4.82. The van der Waals surface area contributed by atoms with E-state index in [0.29, 0.717) is 22.0 Å². The van der Waals surface area contributed by atoms with E-state index in [1.54, 1.807) is 6.07 Å². The predicted molar refractivity (Wildman–Crippen MR) is 84.4 cm³/mol. The monoisotopic (exact) mass is 323 g/mol. The number of fused-ring (bicyclic) bond motifs is 1. The van der Waals surface area contributed by atoms with Gasteiger partial charge in [-0.2, -0.15) is 0 Å². The van der Waals surface area contributed by atoms with E-state index in [1.165, 1.54) is 6.07 Å². The number of nitrogens with zero attached hydrogens (tertiary/aromatic N) is 2. The number of hydrogen-bond acceptors (Lipinski definition) is 2. The minimum absolute atomic E-state index is 0.0481. The zero-order valence-electron chi connectivity index (χ0n) is 11.1. The highest BCUT2D eigenvalue weighted by Crippen LogP contribution is 2.30. The molecule has 0 aliphatic heterocycles. The topological polar surface area (TPSA) is 43.8 Å². The molecule has 6 heteroatoms. The Balaban J connectivity index is 2.17. The molecule has 0 spiro atoms. The zero-order chi connectivity index (χ0) is 15.1. The summed E-state index contributed by atoms with van der Waals surface area (Å²) in [6.45, 7) is 1.98. The van der Waals surface area contributed by atoms with Crippen molar-refractivity contribution in [1.82, 2.24) is 9.55 Å². The van der Waals surface area contributed by atoms with Crippen molar-refractivity contribution in [2.45, 2.75) is 13.0 Å². The molecule has 1 heterocycles. The van der Waals surface area contributed by atoms with Crippen LogP contribution in [0.2, 0.25) is 10.0 Å². The molecule has 0 bridgehead atoms. The molecule has 3 nitrogen and oxygen atoms in total. The van der Waals surface area contributed by atoms with E-state index in [9.17, 15) is 4.39 Å². The minimum atomic E-state index is -0.507. The van der Waals surface area contributed by atoms with E-state index >= 15 is 0 Å². The molecule has 3 rings (SSSR count). The normalized spacial score (nSPS) is 12.8. The highest BCUT2D eigenvalue weighted by atomic mass is 35.5. The van der Waals surface area contributed by atoms with Gasteiger partial charge >= 0.3 is 0 Å². The third kappa shape index (κ3) is 2.45. The molecule has 0 fully saturated rings. The first-order valence-corrected chi connectivity index (χ1v) is 7.11. The number of hydrogen-bond donors (Lipinski definition) is 1. The van der Waals surface area contributed by atoms with E-state index < -0.39 is 5.82 Å². The fourth-order valence-electron chi connectivity index (χ4n) is 2.41. The van der Waals surface area contributed by atoms with Gasteiger partial charge in [0.1, 0.15) is 5.82 Å². The smallest absolute Gasteiger partial charge is 0.201 e.